The number of aromatic nitrogens is 1. The molecule has 0 aliphatic heterocycles. The Morgan fingerprint density at radius 3 is 2.72 bits per heavy atom. The van der Waals surface area contributed by atoms with E-state index in [9.17, 15) is 9.59 Å². The lowest BCUT2D eigenvalue weighted by Crippen LogP contribution is -2.26. The van der Waals surface area contributed by atoms with Crippen LogP contribution in [-0.2, 0) is 4.79 Å². The van der Waals surface area contributed by atoms with Crippen molar-refractivity contribution < 1.29 is 19.4 Å². The van der Waals surface area contributed by atoms with Crippen molar-refractivity contribution in [1.29, 1.82) is 0 Å². The third-order valence-corrected chi connectivity index (χ3v) is 5.82. The molecule has 0 saturated carbocycles. The summed E-state index contributed by atoms with van der Waals surface area (Å²) in [6.45, 7) is 2.33. The number of rotatable bonds is 9. The Labute approximate surface area is 154 Å². The minimum atomic E-state index is -0.794. The van der Waals surface area contributed by atoms with Gasteiger partial charge in [-0.1, -0.05) is 21.6 Å². The molecule has 2 aromatic rings. The molecule has 0 bridgehead atoms. The summed E-state index contributed by atoms with van der Waals surface area (Å²) >= 11 is 0. The van der Waals surface area contributed by atoms with Gasteiger partial charge in [-0.25, -0.2) is 0 Å². The van der Waals surface area contributed by atoms with E-state index < -0.39 is 5.97 Å². The quantitative estimate of drug-likeness (QED) is 0.510. The molecule has 25 heavy (non-hydrogen) atoms. The molecule has 0 radical (unpaired) electrons. The summed E-state index contributed by atoms with van der Waals surface area (Å²) < 4.78 is 5.21. The molecule has 0 atom stereocenters. The van der Waals surface area contributed by atoms with Crippen LogP contribution in [0.2, 0.25) is 0 Å². The van der Waals surface area contributed by atoms with Crippen LogP contribution in [0.15, 0.2) is 24.3 Å². The Bertz CT molecular complexity index is 768. The second kappa shape index (κ2) is 9.53. The number of aryl methyl sites for hydroxylation is 1. The van der Waals surface area contributed by atoms with Crippen molar-refractivity contribution in [2.24, 2.45) is 0 Å². The number of nitrogens with zero attached hydrogens (tertiary/aromatic N) is 1. The number of benzene rings is 1. The summed E-state index contributed by atoms with van der Waals surface area (Å²) in [6.07, 6.45) is 0.148. The van der Waals surface area contributed by atoms with Crippen molar-refractivity contribution >= 4 is 44.4 Å². The monoisotopic (exact) mass is 380 g/mol. The number of amides is 1. The van der Waals surface area contributed by atoms with E-state index in [0.717, 1.165) is 16.7 Å². The zero-order valence-corrected chi connectivity index (χ0v) is 15.7. The third-order valence-electron chi connectivity index (χ3n) is 3.41. The fraction of sp³-hybridized carbons (Fsp3) is 0.353. The van der Waals surface area contributed by atoms with Gasteiger partial charge in [-0.3, -0.25) is 14.6 Å². The molecule has 2 N–H and O–H groups in total. The maximum Gasteiger partial charge on any atom is 0.304 e. The van der Waals surface area contributed by atoms with Gasteiger partial charge in [0.1, 0.15) is 5.75 Å². The molecule has 6 nitrogen and oxygen atoms in total. The molecule has 8 heteroatoms. The number of fused-ring (bicyclic) bond motifs is 1. The van der Waals surface area contributed by atoms with Crippen LogP contribution in [0, 0.1) is 6.92 Å². The van der Waals surface area contributed by atoms with Crippen molar-refractivity contribution in [2.75, 3.05) is 25.2 Å². The molecular weight excluding hydrogens is 360 g/mol. The zero-order chi connectivity index (χ0) is 18.2. The summed E-state index contributed by atoms with van der Waals surface area (Å²) in [4.78, 5) is 27.2. The highest BCUT2D eigenvalue weighted by Crippen LogP contribution is 2.23. The van der Waals surface area contributed by atoms with E-state index in [2.05, 4.69) is 10.3 Å². The van der Waals surface area contributed by atoms with E-state index >= 15 is 0 Å². The number of carbonyl (C=O) groups is 2. The topological polar surface area (TPSA) is 88.5 Å². The highest BCUT2D eigenvalue weighted by atomic mass is 33.1. The van der Waals surface area contributed by atoms with Crippen molar-refractivity contribution in [2.45, 2.75) is 13.3 Å². The van der Waals surface area contributed by atoms with E-state index in [1.54, 1.807) is 17.9 Å². The van der Waals surface area contributed by atoms with E-state index in [0.29, 0.717) is 29.3 Å². The van der Waals surface area contributed by atoms with Crippen LogP contribution in [0.3, 0.4) is 0 Å². The molecule has 134 valence electrons. The molecule has 1 amide bonds. The number of methoxy groups -OCH3 is 1. The number of carboxylic acids is 1. The second-order valence-corrected chi connectivity index (χ2v) is 7.93. The predicted octanol–water partition coefficient (Wildman–Crippen LogP) is 3.14. The van der Waals surface area contributed by atoms with Gasteiger partial charge in [-0.05, 0) is 31.2 Å². The van der Waals surface area contributed by atoms with Crippen molar-refractivity contribution in [3.63, 3.8) is 0 Å². The first-order valence-corrected chi connectivity index (χ1v) is 10.2. The van der Waals surface area contributed by atoms with E-state index in [1.807, 2.05) is 31.2 Å². The highest BCUT2D eigenvalue weighted by Gasteiger charge is 2.11. The normalized spacial score (nSPS) is 10.6. The number of ether oxygens (including phenoxy) is 1. The number of nitrogens with one attached hydrogen (secondary N) is 1. The molecule has 2 rings (SSSR count). The van der Waals surface area contributed by atoms with Crippen molar-refractivity contribution in [3.8, 4) is 5.75 Å². The van der Waals surface area contributed by atoms with Gasteiger partial charge in [0, 0.05) is 23.4 Å². The summed E-state index contributed by atoms with van der Waals surface area (Å²) in [6, 6.07) is 7.39. The summed E-state index contributed by atoms with van der Waals surface area (Å²) in [5.41, 5.74) is 2.04. The van der Waals surface area contributed by atoms with Gasteiger partial charge >= 0.3 is 5.97 Å². The van der Waals surface area contributed by atoms with Crippen LogP contribution in [0.1, 0.15) is 22.5 Å². The van der Waals surface area contributed by atoms with Gasteiger partial charge in [-0.15, -0.1) is 0 Å². The first-order chi connectivity index (χ1) is 12.0. The number of hydrogen-bond donors (Lipinski definition) is 2. The van der Waals surface area contributed by atoms with Gasteiger partial charge in [0.05, 0.1) is 30.3 Å². The average Bonchev–Trinajstić information content (AvgIpc) is 2.59. The third kappa shape index (κ3) is 5.82. The Hall–Kier alpha value is -1.93. The van der Waals surface area contributed by atoms with Crippen LogP contribution < -0.4 is 10.1 Å². The number of carboxylic acid groups (broad SMARTS) is 1. The Balaban J connectivity index is 1.90. The van der Waals surface area contributed by atoms with Crippen LogP contribution in [0.25, 0.3) is 10.9 Å². The van der Waals surface area contributed by atoms with Crippen LogP contribution >= 0.6 is 21.6 Å². The molecule has 0 saturated heterocycles. The molecule has 1 aromatic carbocycles. The fourth-order valence-electron chi connectivity index (χ4n) is 2.16. The number of hydrogen-bond acceptors (Lipinski definition) is 6. The molecule has 1 heterocycles. The molecule has 0 aliphatic carbocycles. The van der Waals surface area contributed by atoms with Gasteiger partial charge < -0.3 is 15.2 Å². The first-order valence-electron chi connectivity index (χ1n) is 7.71. The van der Waals surface area contributed by atoms with Crippen LogP contribution in [0.5, 0.6) is 5.75 Å². The summed E-state index contributed by atoms with van der Waals surface area (Å²) in [7, 11) is 4.65. The van der Waals surface area contributed by atoms with Gasteiger partial charge in [-0.2, -0.15) is 0 Å². The van der Waals surface area contributed by atoms with Crippen LogP contribution in [0.4, 0.5) is 0 Å². The molecule has 0 aliphatic rings. The van der Waals surface area contributed by atoms with Gasteiger partial charge in [0.2, 0.25) is 0 Å². The largest absolute Gasteiger partial charge is 0.497 e. The van der Waals surface area contributed by atoms with Gasteiger partial charge in [0.15, 0.2) is 0 Å². The lowest BCUT2D eigenvalue weighted by Gasteiger charge is -2.09. The SMILES string of the molecule is COc1ccc2nc(C)c(C(=O)NCCSSCCC(=O)O)cc2c1. The van der Waals surface area contributed by atoms with E-state index in [-0.39, 0.29) is 12.3 Å². The smallest absolute Gasteiger partial charge is 0.304 e. The second-order valence-electron chi connectivity index (χ2n) is 5.22. The average molecular weight is 380 g/mol. The van der Waals surface area contributed by atoms with E-state index in [4.69, 9.17) is 9.84 Å². The van der Waals surface area contributed by atoms with Crippen molar-refractivity contribution in [3.05, 3.63) is 35.5 Å². The number of pyridine rings is 1. The van der Waals surface area contributed by atoms with Crippen molar-refractivity contribution in [1.82, 2.24) is 10.3 Å². The lowest BCUT2D eigenvalue weighted by molar-refractivity contribution is -0.136. The Kier molecular flexibility index (Phi) is 7.39. The molecular formula is C17H20N2O4S2. The van der Waals surface area contributed by atoms with Gasteiger partial charge in [0.25, 0.3) is 5.91 Å². The maximum absolute atomic E-state index is 12.4. The first kappa shape index (κ1) is 19.4. The molecule has 1 aromatic heterocycles. The minimum absolute atomic E-state index is 0.148. The molecule has 0 unspecified atom stereocenters. The minimum Gasteiger partial charge on any atom is -0.497 e. The standard InChI is InChI=1S/C17H20N2O4S2/c1-11-14(10-12-9-13(23-2)3-4-15(12)19-11)17(22)18-6-8-25-24-7-5-16(20)21/h3-4,9-10H,5-8H2,1-2H3,(H,18,22)(H,20,21). The summed E-state index contributed by atoms with van der Waals surface area (Å²) in [5.74, 6) is 1.04. The highest BCUT2D eigenvalue weighted by molar-refractivity contribution is 8.76. The maximum atomic E-state index is 12.4. The Morgan fingerprint density at radius 2 is 2.00 bits per heavy atom. The number of carbonyl (C=O) groups excluding carboxylic acids is 1. The predicted molar refractivity (Wildman–Crippen MR) is 103 cm³/mol. The molecule has 0 fully saturated rings. The molecule has 0 spiro atoms. The van der Waals surface area contributed by atoms with Crippen LogP contribution in [-0.4, -0.2) is 47.1 Å². The zero-order valence-electron chi connectivity index (χ0n) is 14.1. The summed E-state index contributed by atoms with van der Waals surface area (Å²) in [5, 5.41) is 12.3. The van der Waals surface area contributed by atoms with E-state index in [1.165, 1.54) is 10.8 Å². The number of aliphatic carboxylic acids is 1. The Morgan fingerprint density at radius 1 is 1.24 bits per heavy atom. The fourth-order valence-corrected chi connectivity index (χ4v) is 4.04. The lowest BCUT2D eigenvalue weighted by atomic mass is 10.1.